The molecule has 1 aromatic rings. The van der Waals surface area contributed by atoms with Gasteiger partial charge in [0.05, 0.1) is 13.2 Å². The van der Waals surface area contributed by atoms with Crippen LogP contribution in [0.1, 0.15) is 70.3 Å². The Balaban J connectivity index is 1.60. The predicted octanol–water partition coefficient (Wildman–Crippen LogP) is 4.77. The fourth-order valence-electron chi connectivity index (χ4n) is 3.48. The van der Waals surface area contributed by atoms with Crippen molar-refractivity contribution in [2.75, 3.05) is 19.8 Å². The second-order valence-corrected chi connectivity index (χ2v) is 7.06. The van der Waals surface area contributed by atoms with Crippen molar-refractivity contribution >= 4 is 0 Å². The Morgan fingerprint density at radius 2 is 1.75 bits per heavy atom. The normalized spacial score (nSPS) is 18.2. The summed E-state index contributed by atoms with van der Waals surface area (Å²) in [4.78, 5) is 2.38. The average molecular weight is 334 g/mol. The van der Waals surface area contributed by atoms with E-state index in [1.165, 1.54) is 50.5 Å². The smallest absolute Gasteiger partial charge is 0.119 e. The second-order valence-electron chi connectivity index (χ2n) is 7.06. The summed E-state index contributed by atoms with van der Waals surface area (Å²) in [7, 11) is 0. The summed E-state index contributed by atoms with van der Waals surface area (Å²) in [5, 5.41) is 9.40. The molecule has 0 aromatic heterocycles. The third-order valence-electron chi connectivity index (χ3n) is 5.04. The molecule has 0 saturated carbocycles. The van der Waals surface area contributed by atoms with Crippen LogP contribution in [-0.2, 0) is 6.54 Å². The van der Waals surface area contributed by atoms with Crippen molar-refractivity contribution in [3.05, 3.63) is 29.8 Å². The maximum Gasteiger partial charge on any atom is 0.119 e. The summed E-state index contributed by atoms with van der Waals surface area (Å²) < 4.78 is 5.85. The number of hydrogen-bond acceptors (Lipinski definition) is 3. The zero-order valence-electron chi connectivity index (χ0n) is 15.4. The molecule has 1 aliphatic heterocycles. The highest BCUT2D eigenvalue weighted by Crippen LogP contribution is 2.21. The van der Waals surface area contributed by atoms with Crippen LogP contribution < -0.4 is 4.74 Å². The molecule has 0 unspecified atom stereocenters. The molecule has 0 spiro atoms. The van der Waals surface area contributed by atoms with Crippen molar-refractivity contribution in [1.29, 1.82) is 0 Å². The molecule has 136 valence electrons. The lowest BCUT2D eigenvalue weighted by Gasteiger charge is -2.22. The van der Waals surface area contributed by atoms with Gasteiger partial charge in [0, 0.05) is 12.6 Å². The quantitative estimate of drug-likeness (QED) is 0.559. The van der Waals surface area contributed by atoms with E-state index in [0.29, 0.717) is 6.04 Å². The summed E-state index contributed by atoms with van der Waals surface area (Å²) in [5.41, 5.74) is 1.30. The summed E-state index contributed by atoms with van der Waals surface area (Å²) in [6.45, 7) is 5.39. The molecule has 1 saturated heterocycles. The Morgan fingerprint density at radius 3 is 2.46 bits per heavy atom. The number of hydrogen-bond donors (Lipinski definition) is 1. The van der Waals surface area contributed by atoms with Crippen LogP contribution in [0.5, 0.6) is 5.75 Å². The number of aliphatic hydroxyl groups excluding tert-OH is 1. The van der Waals surface area contributed by atoms with Gasteiger partial charge in [0.2, 0.25) is 0 Å². The molecule has 2 rings (SSSR count). The van der Waals surface area contributed by atoms with Crippen molar-refractivity contribution < 1.29 is 9.84 Å². The summed E-state index contributed by atoms with van der Waals surface area (Å²) in [6.07, 6.45) is 11.5. The van der Waals surface area contributed by atoms with Gasteiger partial charge in [-0.25, -0.2) is 0 Å². The molecule has 1 N–H and O–H groups in total. The van der Waals surface area contributed by atoms with Crippen LogP contribution in [0.15, 0.2) is 24.3 Å². The molecule has 0 aliphatic carbocycles. The first-order chi connectivity index (χ1) is 11.8. The lowest BCUT2D eigenvalue weighted by Crippen LogP contribution is -2.31. The Kier molecular flexibility index (Phi) is 9.22. The van der Waals surface area contributed by atoms with Gasteiger partial charge in [-0.2, -0.15) is 0 Å². The number of likely N-dealkylation sites (tertiary alicyclic amines) is 1. The van der Waals surface area contributed by atoms with Crippen molar-refractivity contribution in [1.82, 2.24) is 4.90 Å². The molecular weight excluding hydrogens is 298 g/mol. The minimum Gasteiger partial charge on any atom is -0.494 e. The topological polar surface area (TPSA) is 32.7 Å². The van der Waals surface area contributed by atoms with E-state index in [0.717, 1.165) is 38.3 Å². The highest BCUT2D eigenvalue weighted by molar-refractivity contribution is 5.27. The lowest BCUT2D eigenvalue weighted by molar-refractivity contribution is 0.153. The first kappa shape index (κ1) is 19.3. The molecule has 1 aliphatic rings. The fourth-order valence-corrected chi connectivity index (χ4v) is 3.48. The van der Waals surface area contributed by atoms with Crippen LogP contribution in [0, 0.1) is 0 Å². The van der Waals surface area contributed by atoms with Gasteiger partial charge >= 0.3 is 0 Å². The molecule has 0 amide bonds. The standard InChI is InChI=1S/C21H35NO2/c1-2-3-4-5-6-7-8-16-24-21-13-11-19(12-14-21)17-22-15-9-10-20(22)18-23/h11-14,20,23H,2-10,15-18H2,1H3/t20-/m1/s1. The van der Waals surface area contributed by atoms with Gasteiger partial charge < -0.3 is 9.84 Å². The predicted molar refractivity (Wildman–Crippen MR) is 100 cm³/mol. The van der Waals surface area contributed by atoms with E-state index < -0.39 is 0 Å². The van der Waals surface area contributed by atoms with E-state index >= 15 is 0 Å². The van der Waals surface area contributed by atoms with Crippen LogP contribution in [0.4, 0.5) is 0 Å². The van der Waals surface area contributed by atoms with Gasteiger partial charge in [0.15, 0.2) is 0 Å². The van der Waals surface area contributed by atoms with Gasteiger partial charge in [-0.05, 0) is 43.5 Å². The van der Waals surface area contributed by atoms with Crippen LogP contribution in [-0.4, -0.2) is 35.8 Å². The van der Waals surface area contributed by atoms with Crippen molar-refractivity contribution in [3.8, 4) is 5.75 Å². The first-order valence-corrected chi connectivity index (χ1v) is 9.90. The van der Waals surface area contributed by atoms with Crippen LogP contribution >= 0.6 is 0 Å². The molecule has 1 atom stereocenters. The fraction of sp³-hybridized carbons (Fsp3) is 0.714. The second kappa shape index (κ2) is 11.5. The summed E-state index contributed by atoms with van der Waals surface area (Å²) in [5.74, 6) is 0.977. The van der Waals surface area contributed by atoms with Crippen LogP contribution in [0.25, 0.3) is 0 Å². The molecule has 1 aromatic carbocycles. The van der Waals surface area contributed by atoms with Crippen LogP contribution in [0.3, 0.4) is 0 Å². The Morgan fingerprint density at radius 1 is 1.04 bits per heavy atom. The number of nitrogens with zero attached hydrogens (tertiary/aromatic N) is 1. The summed E-state index contributed by atoms with van der Waals surface area (Å²) in [6, 6.07) is 8.83. The minimum absolute atomic E-state index is 0.277. The highest BCUT2D eigenvalue weighted by atomic mass is 16.5. The molecule has 0 radical (unpaired) electrons. The summed E-state index contributed by atoms with van der Waals surface area (Å²) >= 11 is 0. The maximum absolute atomic E-state index is 9.40. The van der Waals surface area contributed by atoms with Crippen LogP contribution in [0.2, 0.25) is 0 Å². The third-order valence-corrected chi connectivity index (χ3v) is 5.04. The monoisotopic (exact) mass is 333 g/mol. The maximum atomic E-state index is 9.40. The molecule has 24 heavy (non-hydrogen) atoms. The van der Waals surface area contributed by atoms with Gasteiger partial charge in [0.25, 0.3) is 0 Å². The molecule has 1 heterocycles. The van der Waals surface area contributed by atoms with E-state index in [2.05, 4.69) is 36.1 Å². The highest BCUT2D eigenvalue weighted by Gasteiger charge is 2.23. The Hall–Kier alpha value is -1.06. The van der Waals surface area contributed by atoms with E-state index in [-0.39, 0.29) is 6.61 Å². The van der Waals surface area contributed by atoms with E-state index in [1.807, 2.05) is 0 Å². The SMILES string of the molecule is CCCCCCCCCOc1ccc(CN2CCC[C@@H]2CO)cc1. The van der Waals surface area contributed by atoms with Gasteiger partial charge in [-0.3, -0.25) is 4.90 Å². The van der Waals surface area contributed by atoms with E-state index in [9.17, 15) is 5.11 Å². The largest absolute Gasteiger partial charge is 0.494 e. The zero-order chi connectivity index (χ0) is 17.0. The van der Waals surface area contributed by atoms with Gasteiger partial charge in [0.1, 0.15) is 5.75 Å². The average Bonchev–Trinajstić information content (AvgIpc) is 3.06. The number of aliphatic hydroxyl groups is 1. The van der Waals surface area contributed by atoms with Gasteiger partial charge in [-0.15, -0.1) is 0 Å². The van der Waals surface area contributed by atoms with E-state index in [4.69, 9.17) is 4.74 Å². The number of unbranched alkanes of at least 4 members (excludes halogenated alkanes) is 6. The first-order valence-electron chi connectivity index (χ1n) is 9.90. The zero-order valence-corrected chi connectivity index (χ0v) is 15.4. The van der Waals surface area contributed by atoms with Crippen molar-refractivity contribution in [2.24, 2.45) is 0 Å². The molecule has 3 nitrogen and oxygen atoms in total. The van der Waals surface area contributed by atoms with Crippen molar-refractivity contribution in [3.63, 3.8) is 0 Å². The number of rotatable bonds is 12. The number of ether oxygens (including phenoxy) is 1. The molecule has 1 fully saturated rings. The lowest BCUT2D eigenvalue weighted by atomic mass is 10.1. The molecular formula is C21H35NO2. The van der Waals surface area contributed by atoms with E-state index in [1.54, 1.807) is 0 Å². The third kappa shape index (κ3) is 6.82. The number of benzene rings is 1. The van der Waals surface area contributed by atoms with Gasteiger partial charge in [-0.1, -0.05) is 57.6 Å². The van der Waals surface area contributed by atoms with Crippen molar-refractivity contribution in [2.45, 2.75) is 77.3 Å². The minimum atomic E-state index is 0.277. The Labute approximate surface area is 148 Å². The molecule has 0 bridgehead atoms. The molecule has 3 heteroatoms. The Bertz CT molecular complexity index is 432.